The molecule has 1 aliphatic heterocycles. The summed E-state index contributed by atoms with van der Waals surface area (Å²) in [5, 5.41) is 12.0. The van der Waals surface area contributed by atoms with E-state index in [1.54, 1.807) is 0 Å². The van der Waals surface area contributed by atoms with E-state index < -0.39 is 5.97 Å². The van der Waals surface area contributed by atoms with Crippen LogP contribution in [-0.2, 0) is 4.79 Å². The van der Waals surface area contributed by atoms with Crippen LogP contribution in [0.2, 0.25) is 0 Å². The highest BCUT2D eigenvalue weighted by molar-refractivity contribution is 5.66. The first-order chi connectivity index (χ1) is 10.1. The zero-order valence-corrected chi connectivity index (χ0v) is 12.4. The van der Waals surface area contributed by atoms with E-state index in [0.717, 1.165) is 37.4 Å². The average Bonchev–Trinajstić information content (AvgIpc) is 2.49. The Kier molecular flexibility index (Phi) is 5.87. The molecule has 2 unspecified atom stereocenters. The predicted molar refractivity (Wildman–Crippen MR) is 79.9 cm³/mol. The van der Waals surface area contributed by atoms with Crippen molar-refractivity contribution >= 4 is 5.97 Å². The number of carbonyl (C=O) groups is 1. The molecule has 2 N–H and O–H groups in total. The third-order valence-electron chi connectivity index (χ3n) is 3.60. The van der Waals surface area contributed by atoms with Gasteiger partial charge in [-0.3, -0.25) is 4.79 Å². The van der Waals surface area contributed by atoms with Crippen molar-refractivity contribution in [3.05, 3.63) is 24.3 Å². The highest BCUT2D eigenvalue weighted by Gasteiger charge is 2.19. The molecule has 0 saturated carbocycles. The summed E-state index contributed by atoms with van der Waals surface area (Å²) in [6.45, 7) is 4.24. The van der Waals surface area contributed by atoms with E-state index in [9.17, 15) is 4.79 Å². The second kappa shape index (κ2) is 7.88. The number of hydrogen-bond donors (Lipinski definition) is 2. The van der Waals surface area contributed by atoms with Crippen LogP contribution in [0.15, 0.2) is 24.3 Å². The van der Waals surface area contributed by atoms with Gasteiger partial charge in [0.1, 0.15) is 12.7 Å². The van der Waals surface area contributed by atoms with Gasteiger partial charge in [-0.05, 0) is 37.4 Å². The maximum Gasteiger partial charge on any atom is 0.303 e. The molecule has 5 heteroatoms. The molecule has 21 heavy (non-hydrogen) atoms. The van der Waals surface area contributed by atoms with Crippen LogP contribution in [0.3, 0.4) is 0 Å². The van der Waals surface area contributed by atoms with E-state index >= 15 is 0 Å². The molecule has 0 saturated heterocycles. The first kappa shape index (κ1) is 15.6. The van der Waals surface area contributed by atoms with Crippen LogP contribution >= 0.6 is 0 Å². The van der Waals surface area contributed by atoms with Crippen molar-refractivity contribution in [3.8, 4) is 11.5 Å². The lowest BCUT2D eigenvalue weighted by Crippen LogP contribution is -2.39. The maximum atomic E-state index is 10.5. The standard InChI is InChI=1S/C16H23NO4/c1-12(6-7-16(18)19)8-9-17-10-13-11-20-14-4-2-3-5-15(14)21-13/h2-5,12-13,17H,6-11H2,1H3,(H,18,19). The molecular formula is C16H23NO4. The number of para-hydroxylation sites is 2. The Morgan fingerprint density at radius 1 is 1.38 bits per heavy atom. The molecule has 2 rings (SSSR count). The maximum absolute atomic E-state index is 10.5. The minimum absolute atomic E-state index is 0.0224. The summed E-state index contributed by atoms with van der Waals surface area (Å²) in [5.74, 6) is 1.29. The van der Waals surface area contributed by atoms with Crippen LogP contribution in [0.25, 0.3) is 0 Å². The Bertz CT molecular complexity index is 463. The average molecular weight is 293 g/mol. The van der Waals surface area contributed by atoms with Crippen LogP contribution in [0.4, 0.5) is 0 Å². The first-order valence-corrected chi connectivity index (χ1v) is 7.46. The van der Waals surface area contributed by atoms with Crippen LogP contribution < -0.4 is 14.8 Å². The fraction of sp³-hybridized carbons (Fsp3) is 0.562. The van der Waals surface area contributed by atoms with Gasteiger partial charge in [0, 0.05) is 13.0 Å². The molecule has 0 amide bonds. The van der Waals surface area contributed by atoms with Gasteiger partial charge in [0.05, 0.1) is 0 Å². The summed E-state index contributed by atoms with van der Waals surface area (Å²) in [6, 6.07) is 7.68. The fourth-order valence-electron chi connectivity index (χ4n) is 2.29. The van der Waals surface area contributed by atoms with Crippen LogP contribution in [0.1, 0.15) is 26.2 Å². The lowest BCUT2D eigenvalue weighted by Gasteiger charge is -2.26. The van der Waals surface area contributed by atoms with Gasteiger partial charge in [0.2, 0.25) is 0 Å². The monoisotopic (exact) mass is 293 g/mol. The van der Waals surface area contributed by atoms with Crippen molar-refractivity contribution in [2.24, 2.45) is 5.92 Å². The molecule has 1 aromatic rings. The summed E-state index contributed by atoms with van der Waals surface area (Å²) in [5.41, 5.74) is 0. The number of ether oxygens (including phenoxy) is 2. The van der Waals surface area contributed by atoms with Crippen molar-refractivity contribution in [1.82, 2.24) is 5.32 Å². The number of fused-ring (bicyclic) bond motifs is 1. The molecular weight excluding hydrogens is 270 g/mol. The molecule has 0 radical (unpaired) electrons. The van der Waals surface area contributed by atoms with Crippen molar-refractivity contribution in [2.75, 3.05) is 19.7 Å². The van der Waals surface area contributed by atoms with E-state index in [1.807, 2.05) is 24.3 Å². The normalized spacial score (nSPS) is 18.2. The molecule has 2 atom stereocenters. The van der Waals surface area contributed by atoms with Gasteiger partial charge in [-0.1, -0.05) is 19.1 Å². The van der Waals surface area contributed by atoms with Crippen LogP contribution in [-0.4, -0.2) is 36.9 Å². The largest absolute Gasteiger partial charge is 0.486 e. The number of aliphatic carboxylic acids is 1. The molecule has 0 fully saturated rings. The summed E-state index contributed by atoms with van der Waals surface area (Å²) in [4.78, 5) is 10.5. The molecule has 0 aliphatic carbocycles. The Morgan fingerprint density at radius 3 is 2.90 bits per heavy atom. The van der Waals surface area contributed by atoms with E-state index in [4.69, 9.17) is 14.6 Å². The Balaban J connectivity index is 1.61. The highest BCUT2D eigenvalue weighted by atomic mass is 16.6. The molecule has 116 valence electrons. The second-order valence-corrected chi connectivity index (χ2v) is 5.53. The number of carboxylic acids is 1. The molecule has 5 nitrogen and oxygen atoms in total. The summed E-state index contributed by atoms with van der Waals surface area (Å²) in [6.07, 6.45) is 1.97. The zero-order chi connectivity index (χ0) is 15.1. The fourth-order valence-corrected chi connectivity index (χ4v) is 2.29. The molecule has 0 spiro atoms. The van der Waals surface area contributed by atoms with Crippen molar-refractivity contribution in [2.45, 2.75) is 32.3 Å². The number of carboxylic acid groups (broad SMARTS) is 1. The Labute approximate surface area is 125 Å². The number of rotatable bonds is 8. The Morgan fingerprint density at radius 2 is 2.14 bits per heavy atom. The van der Waals surface area contributed by atoms with Gasteiger partial charge in [-0.15, -0.1) is 0 Å². The third-order valence-corrected chi connectivity index (χ3v) is 3.60. The zero-order valence-electron chi connectivity index (χ0n) is 12.4. The molecule has 0 aromatic heterocycles. The van der Waals surface area contributed by atoms with Gasteiger partial charge in [0.15, 0.2) is 11.5 Å². The predicted octanol–water partition coefficient (Wildman–Crippen LogP) is 2.31. The van der Waals surface area contributed by atoms with E-state index in [-0.39, 0.29) is 12.5 Å². The lowest BCUT2D eigenvalue weighted by atomic mass is 10.0. The summed E-state index contributed by atoms with van der Waals surface area (Å²) in [7, 11) is 0. The van der Waals surface area contributed by atoms with Crippen molar-refractivity contribution in [3.63, 3.8) is 0 Å². The van der Waals surface area contributed by atoms with E-state index in [0.29, 0.717) is 12.5 Å². The van der Waals surface area contributed by atoms with Crippen molar-refractivity contribution in [1.29, 1.82) is 0 Å². The van der Waals surface area contributed by atoms with Gasteiger partial charge >= 0.3 is 5.97 Å². The van der Waals surface area contributed by atoms with Crippen LogP contribution in [0.5, 0.6) is 11.5 Å². The third kappa shape index (κ3) is 5.27. The quantitative estimate of drug-likeness (QED) is 0.720. The molecule has 1 aliphatic rings. The summed E-state index contributed by atoms with van der Waals surface area (Å²) < 4.78 is 11.5. The lowest BCUT2D eigenvalue weighted by molar-refractivity contribution is -0.137. The number of hydrogen-bond acceptors (Lipinski definition) is 4. The van der Waals surface area contributed by atoms with Crippen molar-refractivity contribution < 1.29 is 19.4 Å². The smallest absolute Gasteiger partial charge is 0.303 e. The van der Waals surface area contributed by atoms with Gasteiger partial charge < -0.3 is 19.9 Å². The Hall–Kier alpha value is -1.75. The van der Waals surface area contributed by atoms with Gasteiger partial charge in [0.25, 0.3) is 0 Å². The minimum Gasteiger partial charge on any atom is -0.486 e. The second-order valence-electron chi connectivity index (χ2n) is 5.53. The summed E-state index contributed by atoms with van der Waals surface area (Å²) >= 11 is 0. The van der Waals surface area contributed by atoms with Crippen LogP contribution in [0, 0.1) is 5.92 Å². The number of benzene rings is 1. The first-order valence-electron chi connectivity index (χ1n) is 7.46. The van der Waals surface area contributed by atoms with E-state index in [1.165, 1.54) is 0 Å². The molecule has 1 heterocycles. The van der Waals surface area contributed by atoms with Gasteiger partial charge in [-0.25, -0.2) is 0 Å². The molecule has 0 bridgehead atoms. The SMILES string of the molecule is CC(CCNCC1COc2ccccc2O1)CCC(=O)O. The topological polar surface area (TPSA) is 67.8 Å². The van der Waals surface area contributed by atoms with Gasteiger partial charge in [-0.2, -0.15) is 0 Å². The van der Waals surface area contributed by atoms with E-state index in [2.05, 4.69) is 12.2 Å². The number of nitrogens with one attached hydrogen (secondary N) is 1. The molecule has 1 aromatic carbocycles. The highest BCUT2D eigenvalue weighted by Crippen LogP contribution is 2.30. The minimum atomic E-state index is -0.721.